The van der Waals surface area contributed by atoms with Crippen LogP contribution in [-0.4, -0.2) is 16.3 Å². The van der Waals surface area contributed by atoms with Gasteiger partial charge in [-0.25, -0.2) is 0 Å². The highest BCUT2D eigenvalue weighted by Gasteiger charge is 2.28. The molecule has 1 aliphatic rings. The number of fused-ring (bicyclic) bond motifs is 1. The van der Waals surface area contributed by atoms with E-state index in [-0.39, 0.29) is 0 Å². The summed E-state index contributed by atoms with van der Waals surface area (Å²) in [5.74, 6) is 0. The van der Waals surface area contributed by atoms with Gasteiger partial charge < -0.3 is 10.2 Å². The summed E-state index contributed by atoms with van der Waals surface area (Å²) in [7, 11) is 0. The van der Waals surface area contributed by atoms with Crippen molar-refractivity contribution < 1.29 is 4.90 Å². The van der Waals surface area contributed by atoms with Gasteiger partial charge in [0.2, 0.25) is 5.13 Å². The summed E-state index contributed by atoms with van der Waals surface area (Å²) in [5.41, 5.74) is 3.78. The predicted molar refractivity (Wildman–Crippen MR) is 108 cm³/mol. The highest BCUT2D eigenvalue weighted by Crippen LogP contribution is 2.25. The van der Waals surface area contributed by atoms with Crippen LogP contribution >= 0.6 is 34.9 Å². The molecule has 1 aliphatic heterocycles. The fourth-order valence-electron chi connectivity index (χ4n) is 3.34. The molecule has 0 fully saturated rings. The first-order chi connectivity index (χ1) is 12.1. The van der Waals surface area contributed by atoms with Crippen molar-refractivity contribution in [2.45, 2.75) is 33.0 Å². The lowest BCUT2D eigenvalue weighted by Crippen LogP contribution is -3.12. The largest absolute Gasteiger partial charge is 0.330 e. The Balaban J connectivity index is 1.52. The van der Waals surface area contributed by atoms with Crippen molar-refractivity contribution >= 4 is 45.7 Å². The number of aryl methyl sites for hydroxylation is 1. The van der Waals surface area contributed by atoms with E-state index in [1.807, 2.05) is 28.2 Å². The Bertz CT molecular complexity index is 940. The molecule has 0 aliphatic carbocycles. The maximum atomic E-state index is 5.56. The molecule has 7 heteroatoms. The fraction of sp³-hybridized carbons (Fsp3) is 0.333. The van der Waals surface area contributed by atoms with Gasteiger partial charge >= 0.3 is 0 Å². The number of thiophene rings is 1. The molecular formula is C18H21N4S3+. The van der Waals surface area contributed by atoms with Crippen LogP contribution in [0.1, 0.15) is 29.0 Å². The minimum Gasteiger partial charge on any atom is -0.330 e. The molecule has 2 atom stereocenters. The molecule has 2 aromatic heterocycles. The van der Waals surface area contributed by atoms with E-state index >= 15 is 0 Å². The minimum absolute atomic E-state index is 0.492. The normalized spacial score (nSPS) is 19.6. The van der Waals surface area contributed by atoms with Crippen LogP contribution in [0.3, 0.4) is 0 Å². The van der Waals surface area contributed by atoms with Crippen molar-refractivity contribution in [1.82, 2.24) is 9.78 Å². The van der Waals surface area contributed by atoms with E-state index in [4.69, 9.17) is 17.3 Å². The van der Waals surface area contributed by atoms with Crippen molar-refractivity contribution in [2.24, 2.45) is 0 Å². The van der Waals surface area contributed by atoms with Crippen molar-refractivity contribution in [2.75, 3.05) is 11.9 Å². The molecule has 3 heterocycles. The molecule has 0 saturated heterocycles. The summed E-state index contributed by atoms with van der Waals surface area (Å²) in [6.07, 6.45) is 1.15. The summed E-state index contributed by atoms with van der Waals surface area (Å²) in [6.45, 7) is 6.36. The molecule has 130 valence electrons. The van der Waals surface area contributed by atoms with Gasteiger partial charge in [-0.15, -0.1) is 16.4 Å². The number of hydrogen-bond donors (Lipinski definition) is 2. The van der Waals surface area contributed by atoms with Crippen LogP contribution in [-0.2, 0) is 13.1 Å². The van der Waals surface area contributed by atoms with Crippen LogP contribution < -0.4 is 10.2 Å². The lowest BCUT2D eigenvalue weighted by Gasteiger charge is -2.30. The van der Waals surface area contributed by atoms with Gasteiger partial charge in [0.1, 0.15) is 6.04 Å². The number of para-hydroxylation sites is 1. The van der Waals surface area contributed by atoms with E-state index in [0.717, 1.165) is 34.4 Å². The summed E-state index contributed by atoms with van der Waals surface area (Å²) in [5, 5.41) is 11.2. The van der Waals surface area contributed by atoms with Gasteiger partial charge in [-0.1, -0.05) is 29.5 Å². The Hall–Kier alpha value is -1.54. The first kappa shape index (κ1) is 16.9. The molecule has 4 nitrogen and oxygen atoms in total. The zero-order valence-corrected chi connectivity index (χ0v) is 16.7. The van der Waals surface area contributed by atoms with Gasteiger partial charge in [-0.2, -0.15) is 4.68 Å². The van der Waals surface area contributed by atoms with Crippen LogP contribution in [0, 0.1) is 10.9 Å². The van der Waals surface area contributed by atoms with Gasteiger partial charge in [-0.05, 0) is 49.1 Å². The summed E-state index contributed by atoms with van der Waals surface area (Å²) in [4.78, 5) is 3.06. The third kappa shape index (κ3) is 3.42. The van der Waals surface area contributed by atoms with Crippen LogP contribution in [0.4, 0.5) is 10.8 Å². The maximum absolute atomic E-state index is 5.56. The number of anilines is 2. The first-order valence-corrected chi connectivity index (χ1v) is 10.5. The molecule has 2 N–H and O–H groups in total. The molecule has 1 unspecified atom stereocenters. The number of benzene rings is 1. The molecule has 0 saturated carbocycles. The summed E-state index contributed by atoms with van der Waals surface area (Å²) in [6, 6.07) is 11.0. The average molecular weight is 390 g/mol. The topological polar surface area (TPSA) is 34.3 Å². The Morgan fingerprint density at radius 3 is 3.04 bits per heavy atom. The SMILES string of the molecule is Cc1ccccc1Nc1nn(C[NH+]2CCc3sccc3[C@@H]2C)c(=S)s1. The average Bonchev–Trinajstić information content (AvgIpc) is 3.20. The summed E-state index contributed by atoms with van der Waals surface area (Å²) >= 11 is 8.98. The van der Waals surface area contributed by atoms with Gasteiger partial charge in [0, 0.05) is 22.5 Å². The van der Waals surface area contributed by atoms with E-state index in [1.165, 1.54) is 27.4 Å². The Kier molecular flexibility index (Phi) is 4.73. The van der Waals surface area contributed by atoms with Gasteiger partial charge in [0.25, 0.3) is 0 Å². The van der Waals surface area contributed by atoms with Gasteiger partial charge in [-0.3, -0.25) is 0 Å². The third-order valence-corrected chi connectivity index (χ3v) is 7.10. The van der Waals surface area contributed by atoms with Crippen molar-refractivity contribution in [3.05, 3.63) is 55.7 Å². The maximum Gasteiger partial charge on any atom is 0.209 e. The number of rotatable bonds is 4. The first-order valence-electron chi connectivity index (χ1n) is 8.43. The molecule has 3 aromatic rings. The van der Waals surface area contributed by atoms with E-state index in [0.29, 0.717) is 6.04 Å². The Morgan fingerprint density at radius 1 is 1.36 bits per heavy atom. The number of nitrogens with one attached hydrogen (secondary N) is 2. The van der Waals surface area contributed by atoms with Crippen LogP contribution in [0.25, 0.3) is 0 Å². The third-order valence-electron chi connectivity index (χ3n) is 4.88. The van der Waals surface area contributed by atoms with Crippen molar-refractivity contribution in [3.63, 3.8) is 0 Å². The smallest absolute Gasteiger partial charge is 0.209 e. The van der Waals surface area contributed by atoms with Crippen molar-refractivity contribution in [3.8, 4) is 0 Å². The standard InChI is InChI=1S/C18H20N4S3/c1-12-5-3-4-6-15(12)19-17-20-22(18(23)25-17)11-21-9-7-16-14(13(21)2)8-10-24-16/h3-6,8,10,13H,7,9,11H2,1-2H3,(H,19,20)/p+1/t13-/m0/s1. The number of nitrogens with zero attached hydrogens (tertiary/aromatic N) is 2. The molecule has 0 amide bonds. The van der Waals surface area contributed by atoms with Gasteiger partial charge in [0.05, 0.1) is 6.54 Å². The highest BCUT2D eigenvalue weighted by atomic mass is 32.1. The number of quaternary nitrogens is 1. The zero-order valence-electron chi connectivity index (χ0n) is 14.3. The quantitative estimate of drug-likeness (QED) is 0.663. The molecule has 1 aromatic carbocycles. The van der Waals surface area contributed by atoms with E-state index in [1.54, 1.807) is 4.88 Å². The van der Waals surface area contributed by atoms with Crippen LogP contribution in [0.15, 0.2) is 35.7 Å². The molecule has 0 spiro atoms. The summed E-state index contributed by atoms with van der Waals surface area (Å²) < 4.78 is 2.80. The lowest BCUT2D eigenvalue weighted by atomic mass is 10.0. The van der Waals surface area contributed by atoms with Gasteiger partial charge in [0.15, 0.2) is 10.6 Å². The Morgan fingerprint density at radius 2 is 2.20 bits per heavy atom. The predicted octanol–water partition coefficient (Wildman–Crippen LogP) is 3.95. The van der Waals surface area contributed by atoms with E-state index < -0.39 is 0 Å². The number of hydrogen-bond acceptors (Lipinski definition) is 5. The fourth-order valence-corrected chi connectivity index (χ4v) is 5.34. The van der Waals surface area contributed by atoms with E-state index in [2.05, 4.69) is 42.7 Å². The second kappa shape index (κ2) is 6.99. The monoisotopic (exact) mass is 389 g/mol. The molecular weight excluding hydrogens is 368 g/mol. The lowest BCUT2D eigenvalue weighted by molar-refractivity contribution is -0.954. The number of aromatic nitrogens is 2. The van der Waals surface area contributed by atoms with Crippen molar-refractivity contribution in [1.29, 1.82) is 0 Å². The molecule has 0 bridgehead atoms. The van der Waals surface area contributed by atoms with Crippen LogP contribution in [0.2, 0.25) is 0 Å². The molecule has 25 heavy (non-hydrogen) atoms. The zero-order chi connectivity index (χ0) is 17.4. The minimum atomic E-state index is 0.492. The highest BCUT2D eigenvalue weighted by molar-refractivity contribution is 7.73. The molecule has 4 rings (SSSR count). The second-order valence-electron chi connectivity index (χ2n) is 6.45. The van der Waals surface area contributed by atoms with Crippen LogP contribution in [0.5, 0.6) is 0 Å². The molecule has 0 radical (unpaired) electrons. The van der Waals surface area contributed by atoms with E-state index in [9.17, 15) is 0 Å². The Labute approximate surface area is 160 Å². The second-order valence-corrected chi connectivity index (χ2v) is 9.07.